The molecule has 0 bridgehead atoms. The number of methoxy groups -OCH3 is 2. The van der Waals surface area contributed by atoms with E-state index in [1.165, 1.54) is 32.1 Å². The molecule has 0 unspecified atom stereocenters. The third-order valence-electron chi connectivity index (χ3n) is 4.32. The largest absolute Gasteiger partial charge is 0.497 e. The molecule has 4 heteroatoms. The van der Waals surface area contributed by atoms with E-state index in [0.29, 0.717) is 18.2 Å². The van der Waals surface area contributed by atoms with Gasteiger partial charge in [0.2, 0.25) is 5.91 Å². The molecule has 2 rings (SSSR count). The second-order valence-electron chi connectivity index (χ2n) is 5.96. The molecule has 0 radical (unpaired) electrons. The van der Waals surface area contributed by atoms with Crippen molar-refractivity contribution in [1.29, 1.82) is 0 Å². The molecule has 122 valence electrons. The second kappa shape index (κ2) is 8.66. The summed E-state index contributed by atoms with van der Waals surface area (Å²) in [5, 5.41) is 3.19. The first-order valence-electron chi connectivity index (χ1n) is 8.23. The second-order valence-corrected chi connectivity index (χ2v) is 5.96. The Bertz CT molecular complexity index is 479. The van der Waals surface area contributed by atoms with Gasteiger partial charge in [0, 0.05) is 17.7 Å². The van der Waals surface area contributed by atoms with E-state index in [0.717, 1.165) is 24.2 Å². The summed E-state index contributed by atoms with van der Waals surface area (Å²) in [6.07, 6.45) is 8.91. The van der Waals surface area contributed by atoms with Gasteiger partial charge in [0.05, 0.1) is 20.6 Å². The summed E-state index contributed by atoms with van der Waals surface area (Å²) in [4.78, 5) is 12.3. The van der Waals surface area contributed by atoms with Crippen LogP contribution in [0, 0.1) is 0 Å². The maximum absolute atomic E-state index is 12.3. The van der Waals surface area contributed by atoms with Crippen molar-refractivity contribution in [2.45, 2.75) is 57.4 Å². The Morgan fingerprint density at radius 1 is 1.09 bits per heavy atom. The van der Waals surface area contributed by atoms with Crippen molar-refractivity contribution in [3.05, 3.63) is 23.8 Å². The first-order chi connectivity index (χ1) is 10.7. The van der Waals surface area contributed by atoms with Crippen molar-refractivity contribution in [2.75, 3.05) is 14.2 Å². The Morgan fingerprint density at radius 3 is 2.41 bits per heavy atom. The lowest BCUT2D eigenvalue weighted by Crippen LogP contribution is -2.36. The van der Waals surface area contributed by atoms with Crippen LogP contribution < -0.4 is 14.8 Å². The Balaban J connectivity index is 1.93. The van der Waals surface area contributed by atoms with Gasteiger partial charge in [0.25, 0.3) is 0 Å². The predicted molar refractivity (Wildman–Crippen MR) is 87.5 cm³/mol. The first kappa shape index (κ1) is 16.7. The molecule has 1 saturated carbocycles. The molecule has 1 amide bonds. The van der Waals surface area contributed by atoms with E-state index < -0.39 is 0 Å². The van der Waals surface area contributed by atoms with Gasteiger partial charge < -0.3 is 14.8 Å². The molecule has 0 spiro atoms. The molecule has 0 aromatic heterocycles. The van der Waals surface area contributed by atoms with Crippen molar-refractivity contribution in [2.24, 2.45) is 0 Å². The topological polar surface area (TPSA) is 47.6 Å². The van der Waals surface area contributed by atoms with Crippen LogP contribution in [0.5, 0.6) is 11.5 Å². The molecule has 1 aromatic rings. The van der Waals surface area contributed by atoms with Gasteiger partial charge in [0.15, 0.2) is 0 Å². The standard InChI is InChI=1S/C18H27NO3/c1-21-16-11-10-14(17(13-16)22-2)12-18(20)19-15-8-6-4-3-5-7-9-15/h10-11,13,15H,3-9,12H2,1-2H3,(H,19,20). The van der Waals surface area contributed by atoms with Crippen molar-refractivity contribution in [3.8, 4) is 11.5 Å². The van der Waals surface area contributed by atoms with Crippen molar-refractivity contribution >= 4 is 5.91 Å². The van der Waals surface area contributed by atoms with Crippen LogP contribution in [0.3, 0.4) is 0 Å². The van der Waals surface area contributed by atoms with Crippen LogP contribution in [-0.4, -0.2) is 26.2 Å². The lowest BCUT2D eigenvalue weighted by atomic mass is 9.96. The van der Waals surface area contributed by atoms with Gasteiger partial charge in [-0.2, -0.15) is 0 Å². The van der Waals surface area contributed by atoms with Crippen LogP contribution in [0.25, 0.3) is 0 Å². The van der Waals surface area contributed by atoms with Crippen LogP contribution >= 0.6 is 0 Å². The Kier molecular flexibility index (Phi) is 6.56. The lowest BCUT2D eigenvalue weighted by Gasteiger charge is -2.21. The molecular formula is C18H27NO3. The summed E-state index contributed by atoms with van der Waals surface area (Å²) in [7, 11) is 3.24. The normalized spacial score (nSPS) is 16.5. The Hall–Kier alpha value is -1.71. The zero-order chi connectivity index (χ0) is 15.8. The summed E-state index contributed by atoms with van der Waals surface area (Å²) >= 11 is 0. The zero-order valence-electron chi connectivity index (χ0n) is 13.7. The molecule has 22 heavy (non-hydrogen) atoms. The highest BCUT2D eigenvalue weighted by Gasteiger charge is 2.16. The molecule has 1 N–H and O–H groups in total. The SMILES string of the molecule is COc1ccc(CC(=O)NC2CCCCCCC2)c(OC)c1. The molecule has 1 aromatic carbocycles. The summed E-state index contributed by atoms with van der Waals surface area (Å²) in [5.74, 6) is 1.52. The van der Waals surface area contributed by atoms with E-state index in [4.69, 9.17) is 9.47 Å². The molecule has 1 aliphatic carbocycles. The van der Waals surface area contributed by atoms with Gasteiger partial charge >= 0.3 is 0 Å². The minimum absolute atomic E-state index is 0.0778. The highest BCUT2D eigenvalue weighted by molar-refractivity contribution is 5.79. The highest BCUT2D eigenvalue weighted by atomic mass is 16.5. The molecule has 0 saturated heterocycles. The summed E-state index contributed by atoms with van der Waals surface area (Å²) in [6.45, 7) is 0. The maximum atomic E-state index is 12.3. The van der Waals surface area contributed by atoms with E-state index in [1.54, 1.807) is 14.2 Å². The smallest absolute Gasteiger partial charge is 0.224 e. The number of carbonyl (C=O) groups is 1. The lowest BCUT2D eigenvalue weighted by molar-refractivity contribution is -0.121. The maximum Gasteiger partial charge on any atom is 0.224 e. The Morgan fingerprint density at radius 2 is 1.77 bits per heavy atom. The number of hydrogen-bond donors (Lipinski definition) is 1. The van der Waals surface area contributed by atoms with Crippen LogP contribution in [0.2, 0.25) is 0 Å². The van der Waals surface area contributed by atoms with E-state index in [1.807, 2.05) is 18.2 Å². The molecule has 4 nitrogen and oxygen atoms in total. The number of carbonyl (C=O) groups excluding carboxylic acids is 1. The highest BCUT2D eigenvalue weighted by Crippen LogP contribution is 2.25. The van der Waals surface area contributed by atoms with Gasteiger partial charge in [-0.15, -0.1) is 0 Å². The first-order valence-corrected chi connectivity index (χ1v) is 8.23. The number of ether oxygens (including phenoxy) is 2. The molecule has 1 fully saturated rings. The van der Waals surface area contributed by atoms with Crippen molar-refractivity contribution in [3.63, 3.8) is 0 Å². The average Bonchev–Trinajstić information content (AvgIpc) is 2.50. The zero-order valence-corrected chi connectivity index (χ0v) is 13.7. The van der Waals surface area contributed by atoms with Gasteiger partial charge in [-0.3, -0.25) is 4.79 Å². The number of benzene rings is 1. The van der Waals surface area contributed by atoms with E-state index in [2.05, 4.69) is 5.32 Å². The van der Waals surface area contributed by atoms with E-state index in [-0.39, 0.29) is 5.91 Å². The number of hydrogen-bond acceptors (Lipinski definition) is 3. The van der Waals surface area contributed by atoms with Crippen LogP contribution in [0.4, 0.5) is 0 Å². The third kappa shape index (κ3) is 4.93. The number of nitrogens with one attached hydrogen (secondary N) is 1. The van der Waals surface area contributed by atoms with Crippen molar-refractivity contribution in [1.82, 2.24) is 5.32 Å². The fraction of sp³-hybridized carbons (Fsp3) is 0.611. The fourth-order valence-electron chi connectivity index (χ4n) is 3.05. The predicted octanol–water partition coefficient (Wildman–Crippen LogP) is 3.48. The summed E-state index contributed by atoms with van der Waals surface area (Å²) < 4.78 is 10.5. The molecule has 0 aliphatic heterocycles. The van der Waals surface area contributed by atoms with Gasteiger partial charge in [-0.1, -0.05) is 38.2 Å². The number of rotatable bonds is 5. The van der Waals surface area contributed by atoms with Crippen LogP contribution in [-0.2, 0) is 11.2 Å². The molecule has 0 heterocycles. The third-order valence-corrected chi connectivity index (χ3v) is 4.32. The minimum atomic E-state index is 0.0778. The van der Waals surface area contributed by atoms with Crippen LogP contribution in [0.1, 0.15) is 50.5 Å². The van der Waals surface area contributed by atoms with Gasteiger partial charge in [-0.25, -0.2) is 0 Å². The van der Waals surface area contributed by atoms with Gasteiger partial charge in [0.1, 0.15) is 11.5 Å². The average molecular weight is 305 g/mol. The van der Waals surface area contributed by atoms with E-state index >= 15 is 0 Å². The minimum Gasteiger partial charge on any atom is -0.497 e. The van der Waals surface area contributed by atoms with Gasteiger partial charge in [-0.05, 0) is 18.9 Å². The molecule has 1 aliphatic rings. The van der Waals surface area contributed by atoms with Crippen molar-refractivity contribution < 1.29 is 14.3 Å². The van der Waals surface area contributed by atoms with Crippen LogP contribution in [0.15, 0.2) is 18.2 Å². The fourth-order valence-corrected chi connectivity index (χ4v) is 3.05. The Labute approximate surface area is 133 Å². The summed E-state index contributed by atoms with van der Waals surface area (Å²) in [5.41, 5.74) is 0.895. The monoisotopic (exact) mass is 305 g/mol. The number of amides is 1. The molecule has 0 atom stereocenters. The van der Waals surface area contributed by atoms with E-state index in [9.17, 15) is 4.79 Å². The molecular weight excluding hydrogens is 278 g/mol. The summed E-state index contributed by atoms with van der Waals surface area (Å²) in [6, 6.07) is 5.91. The quantitative estimate of drug-likeness (QED) is 0.906.